The summed E-state index contributed by atoms with van der Waals surface area (Å²) in [7, 11) is 0. The van der Waals surface area contributed by atoms with E-state index in [0.717, 1.165) is 11.1 Å². The van der Waals surface area contributed by atoms with Gasteiger partial charge in [-0.05, 0) is 55.2 Å². The van der Waals surface area contributed by atoms with Crippen LogP contribution in [-0.4, -0.2) is 30.4 Å². The van der Waals surface area contributed by atoms with Crippen molar-refractivity contribution in [3.8, 4) is 0 Å². The van der Waals surface area contributed by atoms with Gasteiger partial charge in [0.05, 0.1) is 10.6 Å². The molecule has 6 nitrogen and oxygen atoms in total. The predicted molar refractivity (Wildman–Crippen MR) is 113 cm³/mol. The van der Waals surface area contributed by atoms with Gasteiger partial charge < -0.3 is 15.4 Å². The summed E-state index contributed by atoms with van der Waals surface area (Å²) in [5.41, 5.74) is 3.05. The van der Waals surface area contributed by atoms with Crippen molar-refractivity contribution < 1.29 is 19.1 Å². The van der Waals surface area contributed by atoms with Crippen LogP contribution in [-0.2, 0) is 14.3 Å². The number of ether oxygens (including phenoxy) is 1. The molecule has 7 heteroatoms. The fourth-order valence-electron chi connectivity index (χ4n) is 2.60. The monoisotopic (exact) mass is 416 g/mol. The molecule has 1 atom stereocenters. The average Bonchev–Trinajstić information content (AvgIpc) is 2.67. The fraction of sp³-hybridized carbons (Fsp3) is 0.318. The Morgan fingerprint density at radius 2 is 1.72 bits per heavy atom. The van der Waals surface area contributed by atoms with Gasteiger partial charge in [0, 0.05) is 5.69 Å². The summed E-state index contributed by atoms with van der Waals surface area (Å²) in [4.78, 5) is 37.0. The molecule has 0 aromatic heterocycles. The van der Waals surface area contributed by atoms with E-state index in [0.29, 0.717) is 5.69 Å². The Kier molecular flexibility index (Phi) is 7.79. The SMILES string of the molecule is Cc1ccc(NC(=O)COC(=O)[C@@H](NC(=O)c2ccccc2Cl)C(C)C)cc1C. The first kappa shape index (κ1) is 22.4. The van der Waals surface area contributed by atoms with Gasteiger partial charge in [0.2, 0.25) is 0 Å². The van der Waals surface area contributed by atoms with Gasteiger partial charge in [-0.15, -0.1) is 0 Å². The number of carbonyl (C=O) groups is 3. The van der Waals surface area contributed by atoms with Gasteiger partial charge in [0.1, 0.15) is 6.04 Å². The molecule has 29 heavy (non-hydrogen) atoms. The molecule has 0 heterocycles. The fourth-order valence-corrected chi connectivity index (χ4v) is 2.83. The third kappa shape index (κ3) is 6.32. The Balaban J connectivity index is 1.95. The van der Waals surface area contributed by atoms with Gasteiger partial charge in [0.15, 0.2) is 6.61 Å². The maximum Gasteiger partial charge on any atom is 0.329 e. The lowest BCUT2D eigenvalue weighted by Gasteiger charge is -2.21. The minimum Gasteiger partial charge on any atom is -0.454 e. The topological polar surface area (TPSA) is 84.5 Å². The summed E-state index contributed by atoms with van der Waals surface area (Å²) in [6.07, 6.45) is 0. The lowest BCUT2D eigenvalue weighted by atomic mass is 10.0. The molecule has 2 amide bonds. The molecular formula is C22H25ClN2O4. The minimum absolute atomic E-state index is 0.239. The molecule has 0 unspecified atom stereocenters. The normalized spacial score (nSPS) is 11.7. The van der Waals surface area contributed by atoms with E-state index in [9.17, 15) is 14.4 Å². The Morgan fingerprint density at radius 3 is 2.34 bits per heavy atom. The van der Waals surface area contributed by atoms with Crippen molar-refractivity contribution in [3.63, 3.8) is 0 Å². The Morgan fingerprint density at radius 1 is 1.03 bits per heavy atom. The number of halogens is 1. The molecule has 2 rings (SSSR count). The van der Waals surface area contributed by atoms with E-state index in [1.807, 2.05) is 26.0 Å². The number of rotatable bonds is 7. The first-order chi connectivity index (χ1) is 13.7. The van der Waals surface area contributed by atoms with E-state index in [-0.39, 0.29) is 16.5 Å². The number of carbonyl (C=O) groups excluding carboxylic acids is 3. The number of hydrogen-bond acceptors (Lipinski definition) is 4. The molecule has 0 aliphatic carbocycles. The van der Waals surface area contributed by atoms with Gasteiger partial charge in [0.25, 0.3) is 11.8 Å². The zero-order valence-corrected chi connectivity index (χ0v) is 17.7. The number of nitrogens with one attached hydrogen (secondary N) is 2. The van der Waals surface area contributed by atoms with Crippen LogP contribution in [0.1, 0.15) is 35.3 Å². The lowest BCUT2D eigenvalue weighted by molar-refractivity contribution is -0.150. The van der Waals surface area contributed by atoms with Crippen LogP contribution in [0, 0.1) is 19.8 Å². The van der Waals surface area contributed by atoms with Gasteiger partial charge in [-0.2, -0.15) is 0 Å². The summed E-state index contributed by atoms with van der Waals surface area (Å²) in [6.45, 7) is 7.02. The zero-order chi connectivity index (χ0) is 21.6. The second kappa shape index (κ2) is 10.1. The number of anilines is 1. The Hall–Kier alpha value is -2.86. The van der Waals surface area contributed by atoms with Crippen LogP contribution in [0.4, 0.5) is 5.69 Å². The highest BCUT2D eigenvalue weighted by Gasteiger charge is 2.27. The highest BCUT2D eigenvalue weighted by atomic mass is 35.5. The highest BCUT2D eigenvalue weighted by molar-refractivity contribution is 6.33. The minimum atomic E-state index is -0.909. The third-order valence-electron chi connectivity index (χ3n) is 4.46. The Bertz CT molecular complexity index is 911. The first-order valence-electron chi connectivity index (χ1n) is 9.28. The van der Waals surface area contributed by atoms with E-state index in [2.05, 4.69) is 10.6 Å². The van der Waals surface area contributed by atoms with Crippen LogP contribution in [0.5, 0.6) is 0 Å². The molecule has 0 aliphatic heterocycles. The first-order valence-corrected chi connectivity index (χ1v) is 9.66. The van der Waals surface area contributed by atoms with E-state index < -0.39 is 30.4 Å². The molecule has 0 bridgehead atoms. The number of esters is 1. The van der Waals surface area contributed by atoms with Crippen LogP contribution in [0.3, 0.4) is 0 Å². The van der Waals surface area contributed by atoms with Crippen LogP contribution < -0.4 is 10.6 Å². The second-order valence-corrected chi connectivity index (χ2v) is 7.54. The molecular weight excluding hydrogens is 392 g/mol. The Labute approximate surface area is 175 Å². The van der Waals surface area contributed by atoms with Crippen LogP contribution in [0.25, 0.3) is 0 Å². The predicted octanol–water partition coefficient (Wildman–Crippen LogP) is 3.89. The molecule has 0 spiro atoms. The van der Waals surface area contributed by atoms with Gasteiger partial charge in [-0.25, -0.2) is 4.79 Å². The second-order valence-electron chi connectivity index (χ2n) is 7.13. The van der Waals surface area contributed by atoms with Crippen molar-refractivity contribution in [2.45, 2.75) is 33.7 Å². The maximum absolute atomic E-state index is 12.4. The third-order valence-corrected chi connectivity index (χ3v) is 4.79. The summed E-state index contributed by atoms with van der Waals surface area (Å²) < 4.78 is 5.12. The van der Waals surface area contributed by atoms with Crippen molar-refractivity contribution in [1.29, 1.82) is 0 Å². The molecule has 2 aromatic rings. The number of aryl methyl sites for hydroxylation is 2. The largest absolute Gasteiger partial charge is 0.454 e. The molecule has 0 radical (unpaired) electrons. The van der Waals surface area contributed by atoms with E-state index >= 15 is 0 Å². The van der Waals surface area contributed by atoms with Crippen molar-refractivity contribution >= 4 is 35.1 Å². The van der Waals surface area contributed by atoms with E-state index in [1.54, 1.807) is 44.2 Å². The van der Waals surface area contributed by atoms with Crippen molar-refractivity contribution in [2.75, 3.05) is 11.9 Å². The summed E-state index contributed by atoms with van der Waals surface area (Å²) >= 11 is 6.03. The van der Waals surface area contributed by atoms with Crippen LogP contribution >= 0.6 is 11.6 Å². The van der Waals surface area contributed by atoms with E-state index in [4.69, 9.17) is 16.3 Å². The summed E-state index contributed by atoms with van der Waals surface area (Å²) in [5.74, 6) is -1.86. The van der Waals surface area contributed by atoms with E-state index in [1.165, 1.54) is 0 Å². The molecule has 154 valence electrons. The average molecular weight is 417 g/mol. The van der Waals surface area contributed by atoms with Gasteiger partial charge in [-0.3, -0.25) is 9.59 Å². The number of hydrogen-bond donors (Lipinski definition) is 2. The van der Waals surface area contributed by atoms with Crippen molar-refractivity contribution in [3.05, 3.63) is 64.2 Å². The molecule has 0 aliphatic rings. The smallest absolute Gasteiger partial charge is 0.329 e. The molecule has 2 aromatic carbocycles. The number of amides is 2. The van der Waals surface area contributed by atoms with Crippen LogP contribution in [0.15, 0.2) is 42.5 Å². The molecule has 2 N–H and O–H groups in total. The molecule has 0 fully saturated rings. The standard InChI is InChI=1S/C22H25ClN2O4/c1-13(2)20(25-21(27)17-7-5-6-8-18(17)23)22(28)29-12-19(26)24-16-10-9-14(3)15(4)11-16/h5-11,13,20H,12H2,1-4H3,(H,24,26)(H,25,27)/t20-/m0/s1. The zero-order valence-electron chi connectivity index (χ0n) is 16.9. The van der Waals surface area contributed by atoms with Crippen molar-refractivity contribution in [2.24, 2.45) is 5.92 Å². The maximum atomic E-state index is 12.4. The van der Waals surface area contributed by atoms with Crippen molar-refractivity contribution in [1.82, 2.24) is 5.32 Å². The van der Waals surface area contributed by atoms with Gasteiger partial charge >= 0.3 is 5.97 Å². The molecule has 0 saturated carbocycles. The summed E-state index contributed by atoms with van der Waals surface area (Å²) in [5, 5.41) is 5.60. The van der Waals surface area contributed by atoms with Gasteiger partial charge in [-0.1, -0.05) is 43.6 Å². The quantitative estimate of drug-likeness (QED) is 0.670. The molecule has 0 saturated heterocycles. The van der Waals surface area contributed by atoms with Crippen LogP contribution in [0.2, 0.25) is 5.02 Å². The summed E-state index contributed by atoms with van der Waals surface area (Å²) in [6, 6.07) is 11.2. The highest BCUT2D eigenvalue weighted by Crippen LogP contribution is 2.16. The lowest BCUT2D eigenvalue weighted by Crippen LogP contribution is -2.46. The number of benzene rings is 2.